The van der Waals surface area contributed by atoms with Crippen LogP contribution >= 0.6 is 0 Å². The number of amides is 1. The van der Waals surface area contributed by atoms with E-state index in [1.54, 1.807) is 0 Å². The Morgan fingerprint density at radius 1 is 0.750 bits per heavy atom. The minimum absolute atomic E-state index is 0.0163. The van der Waals surface area contributed by atoms with Crippen LogP contribution in [0.4, 0.5) is 0 Å². The van der Waals surface area contributed by atoms with Gasteiger partial charge in [-0.3, -0.25) is 4.79 Å². The number of hydrogen-bond acceptors (Lipinski definition) is 1. The standard InChI is InChI=1S/C22H29NO/c1-16(2)13-18-5-7-20(8-6-18)15-23-22(24)21-11-9-19(10-12-21)14-17(3)4/h5-12,16-17H,13-15H2,1-4H3,(H,23,24). The lowest BCUT2D eigenvalue weighted by Gasteiger charge is -2.09. The fraction of sp³-hybridized carbons (Fsp3) is 0.409. The predicted octanol–water partition coefficient (Wildman–Crippen LogP) is 5.01. The van der Waals surface area contributed by atoms with E-state index >= 15 is 0 Å². The van der Waals surface area contributed by atoms with Gasteiger partial charge in [-0.05, 0) is 53.5 Å². The first-order valence-corrected chi connectivity index (χ1v) is 8.89. The van der Waals surface area contributed by atoms with Crippen molar-refractivity contribution in [2.75, 3.05) is 0 Å². The lowest BCUT2D eigenvalue weighted by molar-refractivity contribution is 0.0951. The molecule has 2 nitrogen and oxygen atoms in total. The number of hydrogen-bond donors (Lipinski definition) is 1. The molecule has 0 bridgehead atoms. The molecular weight excluding hydrogens is 294 g/mol. The van der Waals surface area contributed by atoms with Gasteiger partial charge in [0.05, 0.1) is 0 Å². The van der Waals surface area contributed by atoms with Crippen molar-refractivity contribution in [2.24, 2.45) is 11.8 Å². The van der Waals surface area contributed by atoms with Gasteiger partial charge in [0.15, 0.2) is 0 Å². The van der Waals surface area contributed by atoms with Crippen molar-refractivity contribution in [3.63, 3.8) is 0 Å². The summed E-state index contributed by atoms with van der Waals surface area (Å²) in [6, 6.07) is 16.4. The summed E-state index contributed by atoms with van der Waals surface area (Å²) < 4.78 is 0. The fourth-order valence-corrected chi connectivity index (χ4v) is 2.81. The largest absolute Gasteiger partial charge is 0.348 e. The van der Waals surface area contributed by atoms with E-state index in [4.69, 9.17) is 0 Å². The molecule has 0 aliphatic heterocycles. The smallest absolute Gasteiger partial charge is 0.251 e. The first-order valence-electron chi connectivity index (χ1n) is 8.89. The quantitative estimate of drug-likeness (QED) is 0.762. The van der Waals surface area contributed by atoms with E-state index in [9.17, 15) is 4.79 Å². The van der Waals surface area contributed by atoms with Gasteiger partial charge in [-0.1, -0.05) is 64.1 Å². The average Bonchev–Trinajstić information content (AvgIpc) is 2.53. The summed E-state index contributed by atoms with van der Waals surface area (Å²) in [6.07, 6.45) is 2.14. The fourth-order valence-electron chi connectivity index (χ4n) is 2.81. The molecule has 0 aliphatic rings. The average molecular weight is 323 g/mol. The maximum absolute atomic E-state index is 12.3. The van der Waals surface area contributed by atoms with E-state index in [1.165, 1.54) is 11.1 Å². The second-order valence-electron chi connectivity index (χ2n) is 7.39. The highest BCUT2D eigenvalue weighted by Gasteiger charge is 2.06. The first kappa shape index (κ1) is 18.3. The van der Waals surface area contributed by atoms with Gasteiger partial charge in [0.25, 0.3) is 5.91 Å². The molecule has 0 atom stereocenters. The van der Waals surface area contributed by atoms with Crippen LogP contribution in [0.3, 0.4) is 0 Å². The third-order valence-electron chi connectivity index (χ3n) is 3.98. The highest BCUT2D eigenvalue weighted by atomic mass is 16.1. The number of benzene rings is 2. The molecule has 0 fully saturated rings. The molecular formula is C22H29NO. The molecule has 0 saturated heterocycles. The molecule has 1 N–H and O–H groups in total. The van der Waals surface area contributed by atoms with Crippen molar-refractivity contribution < 1.29 is 4.79 Å². The van der Waals surface area contributed by atoms with Gasteiger partial charge < -0.3 is 5.32 Å². The second-order valence-corrected chi connectivity index (χ2v) is 7.39. The van der Waals surface area contributed by atoms with E-state index in [2.05, 4.69) is 69.4 Å². The highest BCUT2D eigenvalue weighted by Crippen LogP contribution is 2.11. The van der Waals surface area contributed by atoms with Gasteiger partial charge in [-0.15, -0.1) is 0 Å². The van der Waals surface area contributed by atoms with Crippen molar-refractivity contribution in [3.8, 4) is 0 Å². The van der Waals surface area contributed by atoms with Crippen LogP contribution < -0.4 is 5.32 Å². The molecule has 0 aliphatic carbocycles. The molecule has 0 heterocycles. The van der Waals surface area contributed by atoms with Gasteiger partial charge in [0.1, 0.15) is 0 Å². The van der Waals surface area contributed by atoms with Gasteiger partial charge in [0.2, 0.25) is 0 Å². The summed E-state index contributed by atoms with van der Waals surface area (Å²) in [7, 11) is 0. The predicted molar refractivity (Wildman–Crippen MR) is 101 cm³/mol. The van der Waals surface area contributed by atoms with Crippen molar-refractivity contribution in [1.82, 2.24) is 5.32 Å². The zero-order valence-corrected chi connectivity index (χ0v) is 15.3. The third kappa shape index (κ3) is 5.84. The van der Waals surface area contributed by atoms with Crippen molar-refractivity contribution in [1.29, 1.82) is 0 Å². The minimum atomic E-state index is -0.0163. The molecule has 2 aromatic rings. The number of rotatable bonds is 7. The minimum Gasteiger partial charge on any atom is -0.348 e. The first-order chi connectivity index (χ1) is 11.4. The van der Waals surface area contributed by atoms with E-state index in [1.807, 2.05) is 12.1 Å². The highest BCUT2D eigenvalue weighted by molar-refractivity contribution is 5.94. The van der Waals surface area contributed by atoms with Crippen LogP contribution in [0.2, 0.25) is 0 Å². The zero-order valence-electron chi connectivity index (χ0n) is 15.3. The molecule has 128 valence electrons. The molecule has 0 saturated carbocycles. The lowest BCUT2D eigenvalue weighted by Crippen LogP contribution is -2.22. The second kappa shape index (κ2) is 8.68. The molecule has 0 unspecified atom stereocenters. The maximum atomic E-state index is 12.3. The Bertz CT molecular complexity index is 639. The molecule has 24 heavy (non-hydrogen) atoms. The normalized spacial score (nSPS) is 11.1. The molecule has 2 aromatic carbocycles. The Kier molecular flexibility index (Phi) is 6.60. The van der Waals surface area contributed by atoms with Gasteiger partial charge in [-0.25, -0.2) is 0 Å². The summed E-state index contributed by atoms with van der Waals surface area (Å²) in [4.78, 5) is 12.3. The van der Waals surface area contributed by atoms with E-state index in [0.717, 1.165) is 24.0 Å². The van der Waals surface area contributed by atoms with E-state index in [0.29, 0.717) is 18.4 Å². The SMILES string of the molecule is CC(C)Cc1ccc(CNC(=O)c2ccc(CC(C)C)cc2)cc1. The Morgan fingerprint density at radius 2 is 1.17 bits per heavy atom. The van der Waals surface area contributed by atoms with Crippen LogP contribution in [0.25, 0.3) is 0 Å². The van der Waals surface area contributed by atoms with Crippen LogP contribution in [-0.4, -0.2) is 5.91 Å². The number of carbonyl (C=O) groups is 1. The molecule has 0 spiro atoms. The summed E-state index contributed by atoms with van der Waals surface area (Å²) in [5, 5.41) is 3.00. The van der Waals surface area contributed by atoms with Gasteiger partial charge in [0, 0.05) is 12.1 Å². The Hall–Kier alpha value is -2.09. The zero-order chi connectivity index (χ0) is 17.5. The van der Waals surface area contributed by atoms with Crippen molar-refractivity contribution in [2.45, 2.75) is 47.1 Å². The van der Waals surface area contributed by atoms with Gasteiger partial charge >= 0.3 is 0 Å². The Morgan fingerprint density at radius 3 is 1.62 bits per heavy atom. The topological polar surface area (TPSA) is 29.1 Å². The monoisotopic (exact) mass is 323 g/mol. The Labute approximate surface area is 146 Å². The molecule has 0 aromatic heterocycles. The maximum Gasteiger partial charge on any atom is 0.251 e. The van der Waals surface area contributed by atoms with Crippen LogP contribution in [-0.2, 0) is 19.4 Å². The van der Waals surface area contributed by atoms with E-state index in [-0.39, 0.29) is 5.91 Å². The van der Waals surface area contributed by atoms with E-state index < -0.39 is 0 Å². The van der Waals surface area contributed by atoms with Crippen LogP contribution in [0.5, 0.6) is 0 Å². The Balaban J connectivity index is 1.88. The summed E-state index contributed by atoms with van der Waals surface area (Å²) in [5.41, 5.74) is 4.48. The lowest BCUT2D eigenvalue weighted by atomic mass is 10.0. The number of nitrogens with one attached hydrogen (secondary N) is 1. The van der Waals surface area contributed by atoms with Crippen LogP contribution in [0.1, 0.15) is 54.7 Å². The molecule has 2 rings (SSSR count). The summed E-state index contributed by atoms with van der Waals surface area (Å²) in [5.74, 6) is 1.27. The van der Waals surface area contributed by atoms with Gasteiger partial charge in [-0.2, -0.15) is 0 Å². The summed E-state index contributed by atoms with van der Waals surface area (Å²) in [6.45, 7) is 9.41. The third-order valence-corrected chi connectivity index (χ3v) is 3.98. The molecule has 0 radical (unpaired) electrons. The van der Waals surface area contributed by atoms with Crippen LogP contribution in [0.15, 0.2) is 48.5 Å². The summed E-state index contributed by atoms with van der Waals surface area (Å²) >= 11 is 0. The molecule has 2 heteroatoms. The van der Waals surface area contributed by atoms with Crippen molar-refractivity contribution >= 4 is 5.91 Å². The van der Waals surface area contributed by atoms with Crippen LogP contribution in [0, 0.1) is 11.8 Å². The molecule has 1 amide bonds. The van der Waals surface area contributed by atoms with Crippen molar-refractivity contribution in [3.05, 3.63) is 70.8 Å². The number of carbonyl (C=O) groups excluding carboxylic acids is 1.